The summed E-state index contributed by atoms with van der Waals surface area (Å²) in [5.74, 6) is 0.763. The third kappa shape index (κ3) is 4.82. The fraction of sp³-hybridized carbons (Fsp3) is 0.857. The van der Waals surface area contributed by atoms with E-state index in [0.29, 0.717) is 6.10 Å². The van der Waals surface area contributed by atoms with Crippen molar-refractivity contribution >= 4 is 11.3 Å². The minimum Gasteiger partial charge on any atom is -0.378 e. The van der Waals surface area contributed by atoms with Crippen molar-refractivity contribution in [1.29, 1.82) is 0 Å². The van der Waals surface area contributed by atoms with Gasteiger partial charge < -0.3 is 10.1 Å². The van der Waals surface area contributed by atoms with Gasteiger partial charge in [0.2, 0.25) is 0 Å². The van der Waals surface area contributed by atoms with Crippen LogP contribution in [-0.2, 0) is 17.6 Å². The molecule has 1 N–H and O–H groups in total. The van der Waals surface area contributed by atoms with Crippen LogP contribution in [0.3, 0.4) is 0 Å². The first-order chi connectivity index (χ1) is 9.31. The summed E-state index contributed by atoms with van der Waals surface area (Å²) in [5.41, 5.74) is 0. The minimum absolute atomic E-state index is 0.502. The molecule has 0 spiro atoms. The lowest BCUT2D eigenvalue weighted by Crippen LogP contribution is -2.32. The second-order valence-corrected chi connectivity index (χ2v) is 6.31. The van der Waals surface area contributed by atoms with Gasteiger partial charge in [-0.05, 0) is 45.2 Å². The van der Waals surface area contributed by atoms with Gasteiger partial charge in [-0.25, -0.2) is 0 Å². The molecular formula is C14H25N3OS. The maximum Gasteiger partial charge on any atom is 0.117 e. The molecule has 2 rings (SSSR count). The van der Waals surface area contributed by atoms with Crippen LogP contribution in [0.2, 0.25) is 0 Å². The Bertz CT molecular complexity index is 363. The molecule has 0 atom stereocenters. The number of rotatable bonds is 9. The largest absolute Gasteiger partial charge is 0.378 e. The van der Waals surface area contributed by atoms with Gasteiger partial charge in [-0.15, -0.1) is 21.5 Å². The Hall–Kier alpha value is -0.520. The third-order valence-electron chi connectivity index (χ3n) is 3.56. The molecule has 1 aliphatic carbocycles. The van der Waals surface area contributed by atoms with E-state index in [4.69, 9.17) is 4.74 Å². The zero-order valence-electron chi connectivity index (χ0n) is 12.0. The second-order valence-electron chi connectivity index (χ2n) is 5.17. The Morgan fingerprint density at radius 2 is 2.05 bits per heavy atom. The van der Waals surface area contributed by atoms with E-state index in [9.17, 15) is 0 Å². The van der Waals surface area contributed by atoms with Crippen LogP contribution in [0.5, 0.6) is 0 Å². The standard InChI is InChI=1S/C14H25N3OS/c1-3-15-7-5-6-13-16-17-14(19-13)10-11-8-12(9-11)18-4-2/h11-12,15H,3-10H2,1-2H3. The molecular weight excluding hydrogens is 258 g/mol. The van der Waals surface area contributed by atoms with Gasteiger partial charge in [-0.1, -0.05) is 6.92 Å². The van der Waals surface area contributed by atoms with Gasteiger partial charge in [0.25, 0.3) is 0 Å². The van der Waals surface area contributed by atoms with E-state index in [2.05, 4.69) is 29.4 Å². The second kappa shape index (κ2) is 7.92. The summed E-state index contributed by atoms with van der Waals surface area (Å²) in [7, 11) is 0. The van der Waals surface area contributed by atoms with Crippen molar-refractivity contribution in [2.75, 3.05) is 19.7 Å². The molecule has 1 aromatic heterocycles. The van der Waals surface area contributed by atoms with E-state index in [-0.39, 0.29) is 0 Å². The Labute approximate surface area is 120 Å². The average molecular weight is 283 g/mol. The Kier molecular flexibility index (Phi) is 6.20. The zero-order chi connectivity index (χ0) is 13.5. The molecule has 0 amide bonds. The van der Waals surface area contributed by atoms with Crippen LogP contribution in [0, 0.1) is 5.92 Å². The van der Waals surface area contributed by atoms with E-state index >= 15 is 0 Å². The summed E-state index contributed by atoms with van der Waals surface area (Å²) >= 11 is 1.79. The lowest BCUT2D eigenvalue weighted by atomic mass is 9.80. The molecule has 0 unspecified atom stereocenters. The number of ether oxygens (including phenoxy) is 1. The molecule has 1 saturated carbocycles. The highest BCUT2D eigenvalue weighted by molar-refractivity contribution is 7.11. The lowest BCUT2D eigenvalue weighted by Gasteiger charge is -2.34. The molecule has 1 heterocycles. The maximum absolute atomic E-state index is 5.59. The molecule has 19 heavy (non-hydrogen) atoms. The van der Waals surface area contributed by atoms with E-state index in [1.54, 1.807) is 11.3 Å². The van der Waals surface area contributed by atoms with Crippen LogP contribution in [0.1, 0.15) is 43.1 Å². The summed E-state index contributed by atoms with van der Waals surface area (Å²) < 4.78 is 5.59. The van der Waals surface area contributed by atoms with E-state index in [1.165, 1.54) is 22.9 Å². The number of nitrogens with one attached hydrogen (secondary N) is 1. The maximum atomic E-state index is 5.59. The van der Waals surface area contributed by atoms with Crippen LogP contribution in [0.25, 0.3) is 0 Å². The summed E-state index contributed by atoms with van der Waals surface area (Å²) in [6, 6.07) is 0. The van der Waals surface area contributed by atoms with Gasteiger partial charge in [0.05, 0.1) is 6.10 Å². The predicted molar refractivity (Wildman–Crippen MR) is 78.6 cm³/mol. The van der Waals surface area contributed by atoms with E-state index in [1.807, 2.05) is 0 Å². The van der Waals surface area contributed by atoms with Gasteiger partial charge in [0.1, 0.15) is 10.0 Å². The Balaban J connectivity index is 1.64. The predicted octanol–water partition coefficient (Wildman–Crippen LogP) is 2.44. The first-order valence-electron chi connectivity index (χ1n) is 7.45. The van der Waals surface area contributed by atoms with Gasteiger partial charge in [0, 0.05) is 19.4 Å². The number of aryl methyl sites for hydroxylation is 1. The number of hydrogen-bond acceptors (Lipinski definition) is 5. The number of hydrogen-bond donors (Lipinski definition) is 1. The molecule has 5 heteroatoms. The van der Waals surface area contributed by atoms with Crippen molar-refractivity contribution in [3.05, 3.63) is 10.0 Å². The lowest BCUT2D eigenvalue weighted by molar-refractivity contribution is -0.0240. The van der Waals surface area contributed by atoms with Crippen molar-refractivity contribution in [3.63, 3.8) is 0 Å². The molecule has 1 aliphatic rings. The smallest absolute Gasteiger partial charge is 0.117 e. The summed E-state index contributed by atoms with van der Waals surface area (Å²) in [6.07, 6.45) is 6.19. The molecule has 0 radical (unpaired) electrons. The van der Waals surface area contributed by atoms with Gasteiger partial charge in [0.15, 0.2) is 0 Å². The zero-order valence-corrected chi connectivity index (χ0v) is 12.8. The van der Waals surface area contributed by atoms with Crippen LogP contribution in [0.4, 0.5) is 0 Å². The summed E-state index contributed by atoms with van der Waals surface area (Å²) in [5, 5.41) is 14.3. The quantitative estimate of drug-likeness (QED) is 0.707. The molecule has 1 fully saturated rings. The minimum atomic E-state index is 0.502. The third-order valence-corrected chi connectivity index (χ3v) is 4.57. The van der Waals surface area contributed by atoms with Gasteiger partial charge in [-0.3, -0.25) is 0 Å². The molecule has 108 valence electrons. The molecule has 0 aliphatic heterocycles. The summed E-state index contributed by atoms with van der Waals surface area (Å²) in [4.78, 5) is 0. The molecule has 0 bridgehead atoms. The first-order valence-corrected chi connectivity index (χ1v) is 8.27. The fourth-order valence-electron chi connectivity index (χ4n) is 2.47. The SMILES string of the molecule is CCNCCCc1nnc(CC2CC(OCC)C2)s1. The van der Waals surface area contributed by atoms with E-state index < -0.39 is 0 Å². The Morgan fingerprint density at radius 1 is 1.26 bits per heavy atom. The van der Waals surface area contributed by atoms with Crippen molar-refractivity contribution in [1.82, 2.24) is 15.5 Å². The van der Waals surface area contributed by atoms with Crippen LogP contribution in [0.15, 0.2) is 0 Å². The monoisotopic (exact) mass is 283 g/mol. The Morgan fingerprint density at radius 3 is 2.79 bits per heavy atom. The highest BCUT2D eigenvalue weighted by Crippen LogP contribution is 2.33. The fourth-order valence-corrected chi connectivity index (χ4v) is 3.47. The normalized spacial score (nSPS) is 22.4. The first kappa shape index (κ1) is 14.9. The summed E-state index contributed by atoms with van der Waals surface area (Å²) in [6.45, 7) is 7.16. The van der Waals surface area contributed by atoms with E-state index in [0.717, 1.165) is 44.9 Å². The van der Waals surface area contributed by atoms with Gasteiger partial charge >= 0.3 is 0 Å². The molecule has 0 saturated heterocycles. The highest BCUT2D eigenvalue weighted by atomic mass is 32.1. The molecule has 4 nitrogen and oxygen atoms in total. The van der Waals surface area contributed by atoms with Crippen molar-refractivity contribution < 1.29 is 4.74 Å². The number of aromatic nitrogens is 2. The van der Waals surface area contributed by atoms with Gasteiger partial charge in [-0.2, -0.15) is 0 Å². The molecule has 0 aromatic carbocycles. The van der Waals surface area contributed by atoms with Crippen molar-refractivity contribution in [2.24, 2.45) is 5.92 Å². The van der Waals surface area contributed by atoms with Crippen LogP contribution >= 0.6 is 11.3 Å². The topological polar surface area (TPSA) is 47.0 Å². The average Bonchev–Trinajstić information content (AvgIpc) is 2.80. The number of nitrogens with zero attached hydrogens (tertiary/aromatic N) is 2. The van der Waals surface area contributed by atoms with Crippen molar-refractivity contribution in [2.45, 2.75) is 52.1 Å². The van der Waals surface area contributed by atoms with Crippen molar-refractivity contribution in [3.8, 4) is 0 Å². The molecule has 1 aromatic rings. The highest BCUT2D eigenvalue weighted by Gasteiger charge is 2.30. The van der Waals surface area contributed by atoms with Crippen LogP contribution in [-0.4, -0.2) is 36.0 Å². The van der Waals surface area contributed by atoms with Crippen LogP contribution < -0.4 is 5.32 Å².